The third kappa shape index (κ3) is 1.66. The van der Waals surface area contributed by atoms with Crippen molar-refractivity contribution in [1.29, 1.82) is 0 Å². The van der Waals surface area contributed by atoms with Gasteiger partial charge in [0.05, 0.1) is 5.69 Å². The van der Waals surface area contributed by atoms with Crippen LogP contribution in [0, 0.1) is 0 Å². The average molecular weight is 174 g/mol. The van der Waals surface area contributed by atoms with Crippen LogP contribution in [0.1, 0.15) is 12.6 Å². The second-order valence-electron chi connectivity index (χ2n) is 2.22. The summed E-state index contributed by atoms with van der Waals surface area (Å²) in [5.41, 5.74) is 0.688. The molecule has 0 spiro atoms. The maximum atomic E-state index is 10.7. The molecule has 1 atom stereocenters. The van der Waals surface area contributed by atoms with Crippen LogP contribution in [-0.4, -0.2) is 18.5 Å². The lowest BCUT2D eigenvalue weighted by Gasteiger charge is -1.89. The van der Waals surface area contributed by atoms with Crippen LogP contribution in [0.15, 0.2) is 11.1 Å². The van der Waals surface area contributed by atoms with Gasteiger partial charge < -0.3 is 4.55 Å². The number of hydrogen-bond donors (Lipinski definition) is 1. The second-order valence-corrected chi connectivity index (χ2v) is 3.15. The van der Waals surface area contributed by atoms with Gasteiger partial charge in [-0.25, -0.2) is 4.21 Å². The van der Waals surface area contributed by atoms with Gasteiger partial charge >= 0.3 is 0 Å². The van der Waals surface area contributed by atoms with E-state index < -0.39 is 11.1 Å². The van der Waals surface area contributed by atoms with E-state index in [4.69, 9.17) is 4.55 Å². The summed E-state index contributed by atoms with van der Waals surface area (Å²) >= 11 is -1.90. The molecule has 1 heterocycles. The van der Waals surface area contributed by atoms with Crippen molar-refractivity contribution in [2.45, 2.75) is 18.2 Å². The molecule has 1 aromatic heterocycles. The van der Waals surface area contributed by atoms with Crippen LogP contribution in [0.4, 0.5) is 0 Å². The quantitative estimate of drug-likeness (QED) is 0.667. The second kappa shape index (κ2) is 3.15. The molecule has 1 N–H and O–H groups in total. The van der Waals surface area contributed by atoms with E-state index in [1.54, 1.807) is 17.9 Å². The van der Waals surface area contributed by atoms with Gasteiger partial charge in [-0.2, -0.15) is 5.10 Å². The first-order valence-electron chi connectivity index (χ1n) is 3.28. The Morgan fingerprint density at radius 3 is 2.82 bits per heavy atom. The number of nitrogens with zero attached hydrogens (tertiary/aromatic N) is 2. The fraction of sp³-hybridized carbons (Fsp3) is 0.500. The van der Waals surface area contributed by atoms with Crippen molar-refractivity contribution >= 4 is 11.1 Å². The lowest BCUT2D eigenvalue weighted by Crippen LogP contribution is -1.91. The molecule has 0 saturated carbocycles. The summed E-state index contributed by atoms with van der Waals surface area (Å²) in [5.74, 6) is 0. The lowest BCUT2D eigenvalue weighted by molar-refractivity contribution is 0.563. The summed E-state index contributed by atoms with van der Waals surface area (Å²) in [4.78, 5) is 0.412. The Hall–Kier alpha value is -0.680. The highest BCUT2D eigenvalue weighted by molar-refractivity contribution is 7.79. The molecule has 0 aliphatic heterocycles. The van der Waals surface area contributed by atoms with E-state index in [9.17, 15) is 4.21 Å². The summed E-state index contributed by atoms with van der Waals surface area (Å²) in [6.45, 7) is 1.90. The lowest BCUT2D eigenvalue weighted by atomic mass is 10.3. The Balaban J connectivity index is 3.12. The number of aryl methyl sites for hydroxylation is 2. The molecule has 0 aliphatic carbocycles. The van der Waals surface area contributed by atoms with Gasteiger partial charge in [-0.1, -0.05) is 6.92 Å². The summed E-state index contributed by atoms with van der Waals surface area (Å²) in [5, 5.41) is 4.01. The zero-order chi connectivity index (χ0) is 8.43. The average Bonchev–Trinajstić information content (AvgIpc) is 2.30. The van der Waals surface area contributed by atoms with Gasteiger partial charge in [0.25, 0.3) is 0 Å². The Morgan fingerprint density at radius 1 is 1.82 bits per heavy atom. The van der Waals surface area contributed by atoms with E-state index in [1.165, 1.54) is 0 Å². The first kappa shape index (κ1) is 8.42. The van der Waals surface area contributed by atoms with E-state index in [-0.39, 0.29) is 0 Å². The van der Waals surface area contributed by atoms with Crippen molar-refractivity contribution in [3.05, 3.63) is 11.9 Å². The van der Waals surface area contributed by atoms with Gasteiger partial charge in [-0.3, -0.25) is 4.68 Å². The highest BCUT2D eigenvalue weighted by Crippen LogP contribution is 2.09. The minimum absolute atomic E-state index is 0.412. The molecule has 0 saturated heterocycles. The third-order valence-corrected chi connectivity index (χ3v) is 2.11. The molecule has 4 nitrogen and oxygen atoms in total. The normalized spacial score (nSPS) is 13.4. The van der Waals surface area contributed by atoms with Crippen molar-refractivity contribution in [2.24, 2.45) is 7.05 Å². The van der Waals surface area contributed by atoms with Gasteiger partial charge in [0.2, 0.25) is 0 Å². The first-order valence-corrected chi connectivity index (χ1v) is 4.39. The molecule has 5 heteroatoms. The highest BCUT2D eigenvalue weighted by atomic mass is 32.2. The predicted molar refractivity (Wildman–Crippen MR) is 41.6 cm³/mol. The molecule has 62 valence electrons. The number of aromatic nitrogens is 2. The molecule has 0 amide bonds. The first-order chi connectivity index (χ1) is 5.15. The zero-order valence-electron chi connectivity index (χ0n) is 6.44. The highest BCUT2D eigenvalue weighted by Gasteiger charge is 2.09. The molecular weight excluding hydrogens is 164 g/mol. The molecule has 0 radical (unpaired) electrons. The number of rotatable bonds is 2. The SMILES string of the molecule is CCc1nn(C)cc1S(=O)O. The monoisotopic (exact) mass is 174 g/mol. The minimum atomic E-state index is -1.90. The number of hydrogen-bond acceptors (Lipinski definition) is 2. The van der Waals surface area contributed by atoms with Crippen LogP contribution in [0.2, 0.25) is 0 Å². The summed E-state index contributed by atoms with van der Waals surface area (Å²) in [7, 11) is 1.73. The summed E-state index contributed by atoms with van der Waals surface area (Å²) in [6, 6.07) is 0. The maximum Gasteiger partial charge on any atom is 0.190 e. The Morgan fingerprint density at radius 2 is 2.45 bits per heavy atom. The molecule has 0 aromatic carbocycles. The van der Waals surface area contributed by atoms with Gasteiger partial charge in [-0.15, -0.1) is 0 Å². The minimum Gasteiger partial charge on any atom is -0.302 e. The molecule has 1 unspecified atom stereocenters. The summed E-state index contributed by atoms with van der Waals surface area (Å²) in [6.07, 6.45) is 2.25. The van der Waals surface area contributed by atoms with Gasteiger partial charge in [-0.05, 0) is 6.42 Å². The van der Waals surface area contributed by atoms with Crippen LogP contribution in [-0.2, 0) is 24.5 Å². The molecule has 0 bridgehead atoms. The van der Waals surface area contributed by atoms with Crippen molar-refractivity contribution in [3.63, 3.8) is 0 Å². The van der Waals surface area contributed by atoms with E-state index >= 15 is 0 Å². The molecule has 0 fully saturated rings. The van der Waals surface area contributed by atoms with Crippen LogP contribution in [0.5, 0.6) is 0 Å². The predicted octanol–water partition coefficient (Wildman–Crippen LogP) is 0.563. The van der Waals surface area contributed by atoms with E-state index in [1.807, 2.05) is 6.92 Å². The van der Waals surface area contributed by atoms with E-state index in [2.05, 4.69) is 5.10 Å². The van der Waals surface area contributed by atoms with Gasteiger partial charge in [0.15, 0.2) is 11.1 Å². The Labute approximate surface area is 67.5 Å². The smallest absolute Gasteiger partial charge is 0.190 e. The largest absolute Gasteiger partial charge is 0.302 e. The molecule has 1 aromatic rings. The molecule has 1 rings (SSSR count). The van der Waals surface area contributed by atoms with Crippen molar-refractivity contribution in [2.75, 3.05) is 0 Å². The van der Waals surface area contributed by atoms with E-state index in [0.29, 0.717) is 17.0 Å². The van der Waals surface area contributed by atoms with Crippen molar-refractivity contribution in [3.8, 4) is 0 Å². The zero-order valence-corrected chi connectivity index (χ0v) is 7.26. The molecule has 0 aliphatic rings. The Kier molecular flexibility index (Phi) is 2.41. The topological polar surface area (TPSA) is 55.1 Å². The fourth-order valence-electron chi connectivity index (χ4n) is 0.904. The third-order valence-electron chi connectivity index (χ3n) is 1.39. The van der Waals surface area contributed by atoms with Gasteiger partial charge in [0.1, 0.15) is 4.90 Å². The Bertz CT molecular complexity index is 282. The summed E-state index contributed by atoms with van der Waals surface area (Å²) < 4.78 is 21.0. The maximum absolute atomic E-state index is 10.7. The van der Waals surface area contributed by atoms with Crippen LogP contribution >= 0.6 is 0 Å². The standard InChI is InChI=1S/C6H10N2O2S/c1-3-5-6(11(9)10)4-8(2)7-5/h4H,3H2,1-2H3,(H,9,10). The fourth-order valence-corrected chi connectivity index (χ4v) is 1.53. The van der Waals surface area contributed by atoms with E-state index in [0.717, 1.165) is 0 Å². The van der Waals surface area contributed by atoms with Crippen LogP contribution < -0.4 is 0 Å². The molecular formula is C6H10N2O2S. The van der Waals surface area contributed by atoms with Gasteiger partial charge in [0, 0.05) is 13.2 Å². The van der Waals surface area contributed by atoms with Crippen LogP contribution in [0.3, 0.4) is 0 Å². The van der Waals surface area contributed by atoms with Crippen molar-refractivity contribution < 1.29 is 8.76 Å². The molecule has 11 heavy (non-hydrogen) atoms. The van der Waals surface area contributed by atoms with Crippen molar-refractivity contribution in [1.82, 2.24) is 9.78 Å². The van der Waals surface area contributed by atoms with Crippen LogP contribution in [0.25, 0.3) is 0 Å².